The van der Waals surface area contributed by atoms with Gasteiger partial charge in [0.15, 0.2) is 11.0 Å². The summed E-state index contributed by atoms with van der Waals surface area (Å²) in [7, 11) is 1.60. The molecule has 3 aromatic carbocycles. The van der Waals surface area contributed by atoms with Crippen LogP contribution in [0.4, 0.5) is 5.69 Å². The molecule has 39 heavy (non-hydrogen) atoms. The molecule has 2 aliphatic rings. The molecule has 0 aliphatic carbocycles. The number of hydrogen-bond acceptors (Lipinski definition) is 5. The predicted molar refractivity (Wildman–Crippen MR) is 149 cm³/mol. The van der Waals surface area contributed by atoms with E-state index in [-0.39, 0.29) is 29.2 Å². The summed E-state index contributed by atoms with van der Waals surface area (Å²) < 4.78 is 11.5. The summed E-state index contributed by atoms with van der Waals surface area (Å²) in [4.78, 5) is 46.3. The predicted octanol–water partition coefficient (Wildman–Crippen LogP) is 5.00. The van der Waals surface area contributed by atoms with E-state index in [2.05, 4.69) is 0 Å². The number of carbonyl (C=O) groups is 2. The monoisotopic (exact) mass is 522 g/mol. The largest absolute Gasteiger partial charge is 0.450 e. The molecule has 1 aromatic heterocycles. The van der Waals surface area contributed by atoms with Gasteiger partial charge in [0.05, 0.1) is 23.2 Å². The van der Waals surface area contributed by atoms with Crippen molar-refractivity contribution < 1.29 is 18.7 Å². The lowest BCUT2D eigenvalue weighted by molar-refractivity contribution is -0.126. The second-order valence-corrected chi connectivity index (χ2v) is 10.5. The fourth-order valence-corrected chi connectivity index (χ4v) is 6.06. The van der Waals surface area contributed by atoms with Crippen molar-refractivity contribution in [1.82, 2.24) is 4.90 Å². The van der Waals surface area contributed by atoms with Crippen molar-refractivity contribution in [2.75, 3.05) is 25.2 Å². The molecule has 0 fully saturated rings. The van der Waals surface area contributed by atoms with Crippen LogP contribution in [0.1, 0.15) is 50.4 Å². The van der Waals surface area contributed by atoms with E-state index >= 15 is 0 Å². The van der Waals surface area contributed by atoms with E-state index in [9.17, 15) is 14.4 Å². The number of hydrogen-bond donors (Lipinski definition) is 0. The Balaban J connectivity index is 1.63. The number of ether oxygens (including phenoxy) is 1. The zero-order valence-corrected chi connectivity index (χ0v) is 22.5. The average molecular weight is 523 g/mol. The second kappa shape index (κ2) is 9.20. The van der Waals surface area contributed by atoms with Gasteiger partial charge in [0.2, 0.25) is 5.76 Å². The molecule has 3 heterocycles. The van der Waals surface area contributed by atoms with Crippen molar-refractivity contribution >= 4 is 28.5 Å². The van der Waals surface area contributed by atoms with E-state index in [4.69, 9.17) is 9.15 Å². The van der Waals surface area contributed by atoms with Crippen LogP contribution in [0, 0.1) is 20.8 Å². The van der Waals surface area contributed by atoms with E-state index in [0.717, 1.165) is 22.3 Å². The number of anilines is 1. The highest BCUT2D eigenvalue weighted by molar-refractivity contribution is 6.17. The van der Waals surface area contributed by atoms with Crippen molar-refractivity contribution in [1.29, 1.82) is 0 Å². The zero-order valence-electron chi connectivity index (χ0n) is 22.5. The Morgan fingerprint density at radius 3 is 2.46 bits per heavy atom. The number of nitrogens with zero attached hydrogens (tertiary/aromatic N) is 2. The Morgan fingerprint density at radius 1 is 0.923 bits per heavy atom. The quantitative estimate of drug-likeness (QED) is 0.333. The van der Waals surface area contributed by atoms with E-state index in [1.807, 2.05) is 69.3 Å². The first-order valence-electron chi connectivity index (χ1n) is 13.2. The van der Waals surface area contributed by atoms with Gasteiger partial charge in [0.25, 0.3) is 11.8 Å². The third kappa shape index (κ3) is 3.57. The number of methoxy groups -OCH3 is 1. The maximum absolute atomic E-state index is 14.8. The maximum Gasteiger partial charge on any atom is 0.291 e. The second-order valence-electron chi connectivity index (χ2n) is 10.5. The Morgan fingerprint density at radius 2 is 1.69 bits per heavy atom. The normalized spacial score (nSPS) is 17.9. The van der Waals surface area contributed by atoms with Crippen LogP contribution in [-0.2, 0) is 21.6 Å². The Bertz CT molecular complexity index is 1720. The number of fused-ring (bicyclic) bond motifs is 5. The van der Waals surface area contributed by atoms with Crippen molar-refractivity contribution in [3.05, 3.63) is 110 Å². The van der Waals surface area contributed by atoms with E-state index in [0.29, 0.717) is 41.8 Å². The van der Waals surface area contributed by atoms with Gasteiger partial charge in [-0.25, -0.2) is 0 Å². The summed E-state index contributed by atoms with van der Waals surface area (Å²) >= 11 is 0. The molecule has 1 unspecified atom stereocenters. The van der Waals surface area contributed by atoms with Gasteiger partial charge in [0, 0.05) is 25.8 Å². The van der Waals surface area contributed by atoms with Gasteiger partial charge in [0.1, 0.15) is 5.58 Å². The SMILES string of the molecule is COCCCN1C(=O)c2oc3cc(C)c(C)cc3c(=O)c2C12C(=O)N(Cc1cccc(C)c1)c1ccccc12. The van der Waals surface area contributed by atoms with Crippen LogP contribution in [0.25, 0.3) is 11.0 Å². The molecule has 6 rings (SSSR count). The molecule has 7 heteroatoms. The Hall–Kier alpha value is -4.23. The van der Waals surface area contributed by atoms with Crippen LogP contribution in [0.15, 0.2) is 69.9 Å². The van der Waals surface area contributed by atoms with Crippen LogP contribution in [-0.4, -0.2) is 37.0 Å². The van der Waals surface area contributed by atoms with Crippen LogP contribution in [0.3, 0.4) is 0 Å². The summed E-state index contributed by atoms with van der Waals surface area (Å²) in [5.74, 6) is -0.849. The van der Waals surface area contributed by atoms with Crippen molar-refractivity contribution in [2.24, 2.45) is 0 Å². The van der Waals surface area contributed by atoms with Crippen molar-refractivity contribution in [3.8, 4) is 0 Å². The molecule has 1 atom stereocenters. The molecule has 2 amide bonds. The zero-order chi connectivity index (χ0) is 27.5. The molecule has 198 valence electrons. The van der Waals surface area contributed by atoms with E-state index in [1.54, 1.807) is 24.1 Å². The molecule has 0 saturated carbocycles. The number of aryl methyl sites for hydroxylation is 3. The highest BCUT2D eigenvalue weighted by atomic mass is 16.5. The summed E-state index contributed by atoms with van der Waals surface area (Å²) in [6, 6.07) is 19.0. The standard InChI is InChI=1S/C32H30N2O5/c1-19-9-7-10-22(15-19)18-33-25-12-6-5-11-24(25)32(31(33)37)27-28(35)23-16-20(2)21(3)17-26(23)39-29(27)30(36)34(32)13-8-14-38-4/h5-7,9-12,15-17H,8,13-14,18H2,1-4H3. The first kappa shape index (κ1) is 25.1. The Kier molecular flexibility index (Phi) is 5.92. The van der Waals surface area contributed by atoms with Gasteiger partial charge in [-0.1, -0.05) is 48.0 Å². The minimum Gasteiger partial charge on any atom is -0.450 e. The van der Waals surface area contributed by atoms with Crippen LogP contribution in [0.2, 0.25) is 0 Å². The fourth-order valence-electron chi connectivity index (χ4n) is 6.06. The van der Waals surface area contributed by atoms with Gasteiger partial charge in [-0.2, -0.15) is 0 Å². The summed E-state index contributed by atoms with van der Waals surface area (Å²) in [5.41, 5.74) is 3.71. The van der Waals surface area contributed by atoms with Gasteiger partial charge in [-0.15, -0.1) is 0 Å². The molecule has 1 spiro atoms. The van der Waals surface area contributed by atoms with Gasteiger partial charge < -0.3 is 19.0 Å². The lowest BCUT2D eigenvalue weighted by Gasteiger charge is -2.34. The smallest absolute Gasteiger partial charge is 0.291 e. The summed E-state index contributed by atoms with van der Waals surface area (Å²) in [6.07, 6.45) is 0.497. The van der Waals surface area contributed by atoms with Crippen LogP contribution < -0.4 is 10.3 Å². The van der Waals surface area contributed by atoms with Gasteiger partial charge >= 0.3 is 0 Å². The van der Waals surface area contributed by atoms with Crippen molar-refractivity contribution in [3.63, 3.8) is 0 Å². The number of para-hydroxylation sites is 1. The number of benzene rings is 3. The van der Waals surface area contributed by atoms with Gasteiger partial charge in [-0.3, -0.25) is 14.4 Å². The van der Waals surface area contributed by atoms with E-state index < -0.39 is 11.4 Å². The fraction of sp³-hybridized carbons (Fsp3) is 0.281. The molecule has 0 N–H and O–H groups in total. The molecule has 0 bridgehead atoms. The third-order valence-corrected chi connectivity index (χ3v) is 8.01. The first-order valence-corrected chi connectivity index (χ1v) is 13.2. The lowest BCUT2D eigenvalue weighted by atomic mass is 9.83. The average Bonchev–Trinajstić information content (AvgIpc) is 3.30. The molecular weight excluding hydrogens is 492 g/mol. The number of amides is 2. The highest BCUT2D eigenvalue weighted by Crippen LogP contribution is 2.53. The molecule has 0 radical (unpaired) electrons. The highest BCUT2D eigenvalue weighted by Gasteiger charge is 2.64. The summed E-state index contributed by atoms with van der Waals surface area (Å²) in [6.45, 7) is 6.81. The summed E-state index contributed by atoms with van der Waals surface area (Å²) in [5, 5.41) is 0.366. The van der Waals surface area contributed by atoms with Crippen LogP contribution >= 0.6 is 0 Å². The topological polar surface area (TPSA) is 80.1 Å². The molecule has 0 saturated heterocycles. The third-order valence-electron chi connectivity index (χ3n) is 8.01. The van der Waals surface area contributed by atoms with Crippen LogP contribution in [0.5, 0.6) is 0 Å². The van der Waals surface area contributed by atoms with Crippen molar-refractivity contribution in [2.45, 2.75) is 39.3 Å². The minimum absolute atomic E-state index is 0.0614. The first-order chi connectivity index (χ1) is 18.8. The molecule has 7 nitrogen and oxygen atoms in total. The number of carbonyl (C=O) groups excluding carboxylic acids is 2. The number of rotatable bonds is 6. The molecule has 4 aromatic rings. The minimum atomic E-state index is -1.62. The van der Waals surface area contributed by atoms with Gasteiger partial charge in [-0.05, 0) is 62.1 Å². The molecule has 2 aliphatic heterocycles. The van der Waals surface area contributed by atoms with E-state index in [1.165, 1.54) is 4.90 Å². The lowest BCUT2D eigenvalue weighted by Crippen LogP contribution is -2.53. The Labute approximate surface area is 226 Å². The maximum atomic E-state index is 14.8. The molecular formula is C32H30N2O5.